The molecule has 0 radical (unpaired) electrons. The Bertz CT molecular complexity index is 611. The minimum Gasteiger partial charge on any atom is -0.394 e. The monoisotopic (exact) mass is 624 g/mol. The molecule has 0 saturated heterocycles. The van der Waals surface area contributed by atoms with Gasteiger partial charge in [-0.25, -0.2) is 0 Å². The second kappa shape index (κ2) is 35.0. The molecular formula is C39H77NO4. The van der Waals surface area contributed by atoms with Crippen LogP contribution in [-0.4, -0.2) is 46.1 Å². The second-order valence-electron chi connectivity index (χ2n) is 13.5. The SMILES string of the molecule is CCCCCCCCC/C=C/CCC[C@@H](O)[C@@H](O)[C@@H](CO)NC(=O)CCCCCCCCCCCCCCCCCCCC. The van der Waals surface area contributed by atoms with Gasteiger partial charge >= 0.3 is 0 Å². The van der Waals surface area contributed by atoms with Gasteiger partial charge < -0.3 is 20.6 Å². The molecule has 0 spiro atoms. The highest BCUT2D eigenvalue weighted by atomic mass is 16.3. The summed E-state index contributed by atoms with van der Waals surface area (Å²) in [7, 11) is 0. The predicted molar refractivity (Wildman–Crippen MR) is 190 cm³/mol. The summed E-state index contributed by atoms with van der Waals surface area (Å²) >= 11 is 0. The van der Waals surface area contributed by atoms with Crippen molar-refractivity contribution in [2.75, 3.05) is 6.61 Å². The van der Waals surface area contributed by atoms with Crippen LogP contribution in [0.25, 0.3) is 0 Å². The van der Waals surface area contributed by atoms with E-state index in [1.165, 1.54) is 141 Å². The molecule has 0 aromatic carbocycles. The van der Waals surface area contributed by atoms with Crippen molar-refractivity contribution < 1.29 is 20.1 Å². The van der Waals surface area contributed by atoms with E-state index in [0.717, 1.165) is 38.5 Å². The molecule has 0 aliphatic rings. The maximum Gasteiger partial charge on any atom is 0.220 e. The summed E-state index contributed by atoms with van der Waals surface area (Å²) in [5, 5.41) is 33.3. The Labute approximate surface area is 274 Å². The standard InChI is InChI=1S/C39H77NO4/c1-3-5-7-9-11-13-15-17-18-19-20-21-22-24-26-28-30-32-34-38(43)40-36(35-41)39(44)37(42)33-31-29-27-25-23-16-14-12-10-8-6-4-2/h25,27,36-37,39,41-42,44H,3-24,26,28-35H2,1-2H3,(H,40,43)/b27-25+/t36-,37-,39+/m1/s1. The van der Waals surface area contributed by atoms with Gasteiger partial charge in [-0.05, 0) is 38.5 Å². The number of carbonyl (C=O) groups is 1. The third-order valence-electron chi connectivity index (χ3n) is 9.12. The van der Waals surface area contributed by atoms with Gasteiger partial charge in [-0.3, -0.25) is 4.79 Å². The Morgan fingerprint density at radius 2 is 0.909 bits per heavy atom. The van der Waals surface area contributed by atoms with E-state index in [9.17, 15) is 20.1 Å². The van der Waals surface area contributed by atoms with Gasteiger partial charge in [-0.1, -0.05) is 174 Å². The second-order valence-corrected chi connectivity index (χ2v) is 13.5. The quantitative estimate of drug-likeness (QED) is 0.0418. The largest absolute Gasteiger partial charge is 0.394 e. The maximum absolute atomic E-state index is 12.4. The number of aliphatic hydroxyl groups excluding tert-OH is 3. The van der Waals surface area contributed by atoms with Gasteiger partial charge in [0.05, 0.1) is 18.8 Å². The zero-order chi connectivity index (χ0) is 32.4. The summed E-state index contributed by atoms with van der Waals surface area (Å²) in [6.45, 7) is 4.15. The van der Waals surface area contributed by atoms with Crippen LogP contribution in [0.15, 0.2) is 12.2 Å². The van der Waals surface area contributed by atoms with Crippen molar-refractivity contribution in [2.45, 2.75) is 225 Å². The maximum atomic E-state index is 12.4. The Kier molecular flexibility index (Phi) is 34.2. The molecule has 0 bridgehead atoms. The van der Waals surface area contributed by atoms with Crippen molar-refractivity contribution in [3.63, 3.8) is 0 Å². The first-order valence-corrected chi connectivity index (χ1v) is 19.5. The fourth-order valence-corrected chi connectivity index (χ4v) is 6.04. The number of hydrogen-bond acceptors (Lipinski definition) is 4. The van der Waals surface area contributed by atoms with E-state index in [1.54, 1.807) is 0 Å². The minimum absolute atomic E-state index is 0.153. The van der Waals surface area contributed by atoms with E-state index in [1.807, 2.05) is 0 Å². The van der Waals surface area contributed by atoms with Crippen LogP contribution in [0.3, 0.4) is 0 Å². The van der Waals surface area contributed by atoms with E-state index < -0.39 is 18.2 Å². The van der Waals surface area contributed by atoms with Crippen LogP contribution in [0.2, 0.25) is 0 Å². The molecule has 0 unspecified atom stereocenters. The molecule has 0 fully saturated rings. The van der Waals surface area contributed by atoms with Crippen molar-refractivity contribution in [1.82, 2.24) is 5.32 Å². The van der Waals surface area contributed by atoms with Crippen molar-refractivity contribution >= 4 is 5.91 Å². The van der Waals surface area contributed by atoms with Crippen LogP contribution >= 0.6 is 0 Å². The molecule has 1 amide bonds. The lowest BCUT2D eigenvalue weighted by Gasteiger charge is -2.26. The number of carbonyl (C=O) groups excluding carboxylic acids is 1. The molecule has 0 heterocycles. The van der Waals surface area contributed by atoms with Gasteiger partial charge in [0.25, 0.3) is 0 Å². The summed E-state index contributed by atoms with van der Waals surface area (Å²) in [6.07, 6.45) is 38.8. The topological polar surface area (TPSA) is 89.8 Å². The third kappa shape index (κ3) is 29.8. The van der Waals surface area contributed by atoms with E-state index in [4.69, 9.17) is 0 Å². The molecule has 0 aliphatic heterocycles. The molecule has 0 aromatic heterocycles. The molecule has 0 aliphatic carbocycles. The fraction of sp³-hybridized carbons (Fsp3) is 0.923. The van der Waals surface area contributed by atoms with Crippen LogP contribution in [0.5, 0.6) is 0 Å². The van der Waals surface area contributed by atoms with Crippen molar-refractivity contribution in [1.29, 1.82) is 0 Å². The lowest BCUT2D eigenvalue weighted by atomic mass is 10.0. The first-order valence-electron chi connectivity index (χ1n) is 19.5. The molecule has 262 valence electrons. The highest BCUT2D eigenvalue weighted by molar-refractivity contribution is 5.76. The average molecular weight is 624 g/mol. The smallest absolute Gasteiger partial charge is 0.220 e. The highest BCUT2D eigenvalue weighted by Crippen LogP contribution is 2.15. The number of nitrogens with one attached hydrogen (secondary N) is 1. The summed E-state index contributed by atoms with van der Waals surface area (Å²) in [4.78, 5) is 12.4. The number of amides is 1. The highest BCUT2D eigenvalue weighted by Gasteiger charge is 2.26. The number of rotatable bonds is 35. The van der Waals surface area contributed by atoms with Crippen LogP contribution in [0, 0.1) is 0 Å². The molecule has 3 atom stereocenters. The predicted octanol–water partition coefficient (Wildman–Crippen LogP) is 10.5. The van der Waals surface area contributed by atoms with Crippen LogP contribution in [0.1, 0.15) is 206 Å². The van der Waals surface area contributed by atoms with Gasteiger partial charge in [-0.2, -0.15) is 0 Å². The van der Waals surface area contributed by atoms with E-state index in [0.29, 0.717) is 12.8 Å². The van der Waals surface area contributed by atoms with Crippen LogP contribution in [0.4, 0.5) is 0 Å². The van der Waals surface area contributed by atoms with E-state index >= 15 is 0 Å². The first kappa shape index (κ1) is 43.1. The number of aliphatic hydroxyl groups is 3. The summed E-state index contributed by atoms with van der Waals surface area (Å²) in [5.74, 6) is -0.153. The Morgan fingerprint density at radius 3 is 1.32 bits per heavy atom. The molecule has 0 aromatic rings. The normalized spacial score (nSPS) is 13.8. The minimum atomic E-state index is -1.15. The molecule has 0 rings (SSSR count). The molecule has 5 nitrogen and oxygen atoms in total. The number of allylic oxidation sites excluding steroid dienone is 2. The lowest BCUT2D eigenvalue weighted by molar-refractivity contribution is -0.124. The van der Waals surface area contributed by atoms with E-state index in [-0.39, 0.29) is 12.5 Å². The summed E-state index contributed by atoms with van der Waals surface area (Å²) in [6, 6.07) is -0.819. The summed E-state index contributed by atoms with van der Waals surface area (Å²) in [5.41, 5.74) is 0. The zero-order valence-electron chi connectivity index (χ0n) is 29.6. The number of hydrogen-bond donors (Lipinski definition) is 4. The van der Waals surface area contributed by atoms with Gasteiger partial charge in [-0.15, -0.1) is 0 Å². The Morgan fingerprint density at radius 1 is 0.545 bits per heavy atom. The first-order chi connectivity index (χ1) is 21.6. The third-order valence-corrected chi connectivity index (χ3v) is 9.12. The van der Waals surface area contributed by atoms with Crippen LogP contribution in [-0.2, 0) is 4.79 Å². The van der Waals surface area contributed by atoms with Gasteiger partial charge in [0.15, 0.2) is 0 Å². The average Bonchev–Trinajstić information content (AvgIpc) is 3.03. The molecule has 0 saturated carbocycles. The van der Waals surface area contributed by atoms with Crippen molar-refractivity contribution in [3.8, 4) is 0 Å². The van der Waals surface area contributed by atoms with Crippen LogP contribution < -0.4 is 5.32 Å². The number of unbranched alkanes of at least 4 members (excludes halogenated alkanes) is 25. The zero-order valence-corrected chi connectivity index (χ0v) is 29.6. The van der Waals surface area contributed by atoms with E-state index in [2.05, 4.69) is 31.3 Å². The van der Waals surface area contributed by atoms with Gasteiger partial charge in [0.1, 0.15) is 6.10 Å². The van der Waals surface area contributed by atoms with Crippen molar-refractivity contribution in [3.05, 3.63) is 12.2 Å². The molecule has 4 N–H and O–H groups in total. The Hall–Kier alpha value is -0.910. The molecule has 5 heteroatoms. The molecule has 44 heavy (non-hydrogen) atoms. The Balaban J connectivity index is 3.66. The fourth-order valence-electron chi connectivity index (χ4n) is 6.04. The van der Waals surface area contributed by atoms with Gasteiger partial charge in [0.2, 0.25) is 5.91 Å². The summed E-state index contributed by atoms with van der Waals surface area (Å²) < 4.78 is 0. The van der Waals surface area contributed by atoms with Crippen molar-refractivity contribution in [2.24, 2.45) is 0 Å². The lowest BCUT2D eigenvalue weighted by Crippen LogP contribution is -2.50. The van der Waals surface area contributed by atoms with Gasteiger partial charge in [0, 0.05) is 6.42 Å². The molecular weight excluding hydrogens is 546 g/mol.